The third kappa shape index (κ3) is 6.57. The van der Waals surface area contributed by atoms with Gasteiger partial charge >= 0.3 is 12.3 Å². The van der Waals surface area contributed by atoms with E-state index in [1.807, 2.05) is 12.1 Å². The van der Waals surface area contributed by atoms with Crippen molar-refractivity contribution in [2.75, 3.05) is 26.3 Å². The van der Waals surface area contributed by atoms with Crippen molar-refractivity contribution in [3.8, 4) is 11.5 Å². The predicted molar refractivity (Wildman–Crippen MR) is 131 cm³/mol. The molecule has 5 rings (SSSR count). The Kier molecular flexibility index (Phi) is 8.17. The molecule has 1 aliphatic carbocycles. The number of hydrogen-bond donors (Lipinski definition) is 3. The van der Waals surface area contributed by atoms with Crippen LogP contribution in [0.15, 0.2) is 48.5 Å². The molecule has 3 aliphatic rings. The van der Waals surface area contributed by atoms with Gasteiger partial charge in [0.1, 0.15) is 17.0 Å². The number of carbonyl (C=O) groups excluding carboxylic acids is 1. The van der Waals surface area contributed by atoms with Crippen molar-refractivity contribution in [1.29, 1.82) is 0 Å². The number of phenolic OH excluding ortho intramolecular Hbond substituents is 1. The lowest BCUT2D eigenvalue weighted by Crippen LogP contribution is -2.61. The fraction of sp³-hybridized carbons (Fsp3) is 0.481. The highest BCUT2D eigenvalue weighted by atomic mass is 19.4. The van der Waals surface area contributed by atoms with Gasteiger partial charge in [-0.25, -0.2) is 4.79 Å². The molecule has 3 fully saturated rings. The number of phenols is 1. The smallest absolute Gasteiger partial charge is 0.508 e. The van der Waals surface area contributed by atoms with Gasteiger partial charge in [-0.15, -0.1) is 13.2 Å². The molecule has 0 radical (unpaired) electrons. The van der Waals surface area contributed by atoms with Gasteiger partial charge in [0.2, 0.25) is 5.91 Å². The minimum atomic E-state index is -4.71. The molecule has 0 spiro atoms. The van der Waals surface area contributed by atoms with Gasteiger partial charge in [0, 0.05) is 19.3 Å². The monoisotopic (exact) mass is 536 g/mol. The number of benzene rings is 2. The summed E-state index contributed by atoms with van der Waals surface area (Å²) in [5.74, 6) is -1.51. The number of likely N-dealkylation sites (tertiary alicyclic amines) is 1. The van der Waals surface area contributed by atoms with E-state index in [-0.39, 0.29) is 22.8 Å². The molecule has 2 aliphatic heterocycles. The number of carboxylic acids is 1. The third-order valence-electron chi connectivity index (χ3n) is 7.29. The molecule has 1 saturated carbocycles. The first kappa shape index (κ1) is 27.7. The molecule has 11 heteroatoms. The number of carbonyl (C=O) groups is 2. The second-order valence-electron chi connectivity index (χ2n) is 9.80. The van der Waals surface area contributed by atoms with Crippen LogP contribution in [-0.2, 0) is 15.1 Å². The number of amides is 1. The van der Waals surface area contributed by atoms with Gasteiger partial charge in [-0.05, 0) is 81.4 Å². The zero-order chi connectivity index (χ0) is 27.4. The Balaban J connectivity index is 0.000000236. The van der Waals surface area contributed by atoms with Gasteiger partial charge in [-0.2, -0.15) is 0 Å². The van der Waals surface area contributed by atoms with Gasteiger partial charge in [0.05, 0.1) is 11.1 Å². The van der Waals surface area contributed by atoms with Crippen molar-refractivity contribution in [3.05, 3.63) is 59.7 Å². The average molecular weight is 537 g/mol. The van der Waals surface area contributed by atoms with Crippen LogP contribution in [0.25, 0.3) is 0 Å². The van der Waals surface area contributed by atoms with E-state index in [0.717, 1.165) is 69.3 Å². The van der Waals surface area contributed by atoms with Crippen LogP contribution in [0.1, 0.15) is 54.4 Å². The molecule has 0 aromatic heterocycles. The van der Waals surface area contributed by atoms with Crippen molar-refractivity contribution in [2.24, 2.45) is 0 Å². The van der Waals surface area contributed by atoms with E-state index in [0.29, 0.717) is 13.2 Å². The molecule has 1 amide bonds. The Morgan fingerprint density at radius 3 is 2.13 bits per heavy atom. The molecule has 0 bridgehead atoms. The van der Waals surface area contributed by atoms with Gasteiger partial charge in [0.25, 0.3) is 0 Å². The number of nitrogens with zero attached hydrogens (tertiary/aromatic N) is 1. The Labute approximate surface area is 218 Å². The van der Waals surface area contributed by atoms with Crippen LogP contribution in [0.4, 0.5) is 13.2 Å². The highest BCUT2D eigenvalue weighted by Gasteiger charge is 2.52. The maximum Gasteiger partial charge on any atom is 0.573 e. The van der Waals surface area contributed by atoms with E-state index >= 15 is 0 Å². The maximum atomic E-state index is 13.4. The standard InChI is InChI=1S/C20H26N2O4.C7H5F3O2/c23-17(24)15-3-5-16(6-4-15)19(7-8-19)21-18(25)20(9-13-26-14-10-20)22-11-1-2-12-22;8-7(9,10)12-6-3-1-2-5(11)4-6/h3-6H,1-2,7-14H2,(H,21,25)(H,23,24);1-4,11H. The molecule has 2 aromatic carbocycles. The lowest BCUT2D eigenvalue weighted by molar-refractivity contribution is -0.274. The summed E-state index contributed by atoms with van der Waals surface area (Å²) in [6, 6.07) is 11.4. The van der Waals surface area contributed by atoms with E-state index in [4.69, 9.17) is 14.9 Å². The van der Waals surface area contributed by atoms with Gasteiger partial charge in [0.15, 0.2) is 0 Å². The summed E-state index contributed by atoms with van der Waals surface area (Å²) >= 11 is 0. The molecule has 2 aromatic rings. The Morgan fingerprint density at radius 1 is 0.974 bits per heavy atom. The quantitative estimate of drug-likeness (QED) is 0.502. The summed E-state index contributed by atoms with van der Waals surface area (Å²) in [4.78, 5) is 26.8. The summed E-state index contributed by atoms with van der Waals surface area (Å²) in [7, 11) is 0. The zero-order valence-corrected chi connectivity index (χ0v) is 20.8. The molecule has 8 nitrogen and oxygen atoms in total. The van der Waals surface area contributed by atoms with E-state index in [1.54, 1.807) is 12.1 Å². The van der Waals surface area contributed by atoms with E-state index in [1.165, 1.54) is 12.1 Å². The highest BCUT2D eigenvalue weighted by Crippen LogP contribution is 2.46. The molecule has 2 saturated heterocycles. The number of nitrogens with one attached hydrogen (secondary N) is 1. The number of halogens is 3. The topological polar surface area (TPSA) is 108 Å². The van der Waals surface area contributed by atoms with E-state index in [2.05, 4.69) is 15.0 Å². The number of hydrogen-bond acceptors (Lipinski definition) is 6. The molecule has 2 heterocycles. The largest absolute Gasteiger partial charge is 0.573 e. The van der Waals surface area contributed by atoms with Gasteiger partial charge in [-0.1, -0.05) is 18.2 Å². The zero-order valence-electron chi connectivity index (χ0n) is 20.8. The predicted octanol–water partition coefficient (Wildman–Crippen LogP) is 4.43. The normalized spacial score (nSPS) is 20.1. The summed E-state index contributed by atoms with van der Waals surface area (Å²) in [5, 5.41) is 21.2. The number of carboxylic acid groups (broad SMARTS) is 1. The maximum absolute atomic E-state index is 13.4. The van der Waals surface area contributed by atoms with Crippen LogP contribution in [0.5, 0.6) is 11.5 Å². The lowest BCUT2D eigenvalue weighted by atomic mass is 9.86. The number of rotatable bonds is 6. The highest BCUT2D eigenvalue weighted by molar-refractivity contribution is 5.88. The minimum absolute atomic E-state index is 0.113. The fourth-order valence-electron chi connectivity index (χ4n) is 5.10. The average Bonchev–Trinajstić information content (AvgIpc) is 3.43. The molecule has 0 unspecified atom stereocenters. The summed E-state index contributed by atoms with van der Waals surface area (Å²) in [5.41, 5.74) is 0.484. The van der Waals surface area contributed by atoms with Crippen LogP contribution in [0.3, 0.4) is 0 Å². The fourth-order valence-corrected chi connectivity index (χ4v) is 5.10. The summed E-state index contributed by atoms with van der Waals surface area (Å²) < 4.78 is 43.8. The van der Waals surface area contributed by atoms with Crippen molar-refractivity contribution < 1.29 is 42.4 Å². The van der Waals surface area contributed by atoms with Crippen molar-refractivity contribution in [3.63, 3.8) is 0 Å². The molecule has 206 valence electrons. The Morgan fingerprint density at radius 2 is 1.61 bits per heavy atom. The second-order valence-corrected chi connectivity index (χ2v) is 9.80. The molecular weight excluding hydrogens is 505 g/mol. The number of aromatic hydroxyl groups is 1. The Bertz CT molecular complexity index is 1120. The first-order valence-corrected chi connectivity index (χ1v) is 12.6. The van der Waals surface area contributed by atoms with Crippen molar-refractivity contribution in [2.45, 2.75) is 56.0 Å². The second kappa shape index (κ2) is 11.2. The minimum Gasteiger partial charge on any atom is -0.508 e. The summed E-state index contributed by atoms with van der Waals surface area (Å²) in [6.45, 7) is 3.22. The van der Waals surface area contributed by atoms with Crippen LogP contribution < -0.4 is 10.1 Å². The van der Waals surface area contributed by atoms with Crippen LogP contribution >= 0.6 is 0 Å². The number of aromatic carboxylic acids is 1. The van der Waals surface area contributed by atoms with Crippen molar-refractivity contribution >= 4 is 11.9 Å². The lowest BCUT2D eigenvalue weighted by Gasteiger charge is -2.43. The van der Waals surface area contributed by atoms with Crippen LogP contribution in [0, 0.1) is 0 Å². The van der Waals surface area contributed by atoms with Crippen molar-refractivity contribution in [1.82, 2.24) is 10.2 Å². The van der Waals surface area contributed by atoms with Crippen LogP contribution in [-0.4, -0.2) is 65.2 Å². The van der Waals surface area contributed by atoms with E-state index in [9.17, 15) is 22.8 Å². The van der Waals surface area contributed by atoms with Gasteiger partial charge < -0.3 is 25.0 Å². The third-order valence-corrected chi connectivity index (χ3v) is 7.29. The molecular formula is C27H31F3N2O6. The molecule has 3 N–H and O–H groups in total. The molecule has 38 heavy (non-hydrogen) atoms. The summed E-state index contributed by atoms with van der Waals surface area (Å²) in [6.07, 6.45) is 0.873. The number of ether oxygens (including phenoxy) is 2. The Hall–Kier alpha value is -3.31. The van der Waals surface area contributed by atoms with Crippen LogP contribution in [0.2, 0.25) is 0 Å². The first-order chi connectivity index (χ1) is 18.0. The van der Waals surface area contributed by atoms with Gasteiger partial charge in [-0.3, -0.25) is 9.69 Å². The van der Waals surface area contributed by atoms with E-state index < -0.39 is 23.6 Å². The SMILES string of the molecule is O=C(O)c1ccc(C2(NC(=O)C3(N4CCCC4)CCOCC3)CC2)cc1.Oc1cccc(OC(F)(F)F)c1. The number of alkyl halides is 3. The molecule has 0 atom stereocenters. The first-order valence-electron chi connectivity index (χ1n) is 12.6.